The Morgan fingerprint density at radius 1 is 0.739 bits per heavy atom. The summed E-state index contributed by atoms with van der Waals surface area (Å²) in [6.07, 6.45) is 1.27. The van der Waals surface area contributed by atoms with E-state index < -0.39 is 0 Å². The third-order valence-corrected chi connectivity index (χ3v) is 3.67. The highest BCUT2D eigenvalue weighted by Gasteiger charge is 2.09. The molecule has 0 fully saturated rings. The molecule has 4 heteroatoms. The van der Waals surface area contributed by atoms with E-state index >= 15 is 0 Å². The number of carbonyl (C=O) groups excluding carboxylic acids is 2. The lowest BCUT2D eigenvalue weighted by atomic mass is 9.97. The molecule has 0 aliphatic heterocycles. The highest BCUT2D eigenvalue weighted by molar-refractivity contribution is 5.73. The molecule has 0 heterocycles. The molecule has 0 N–H and O–H groups in total. The van der Waals surface area contributed by atoms with E-state index in [1.165, 1.54) is 14.2 Å². The molecule has 0 aliphatic rings. The average Bonchev–Trinajstić information content (AvgIpc) is 2.58. The predicted molar refractivity (Wildman–Crippen MR) is 87.1 cm³/mol. The smallest absolute Gasteiger partial charge is 0.309 e. The normalized spacial score (nSPS) is 10.2. The maximum atomic E-state index is 11.5. The van der Waals surface area contributed by atoms with E-state index in [1.54, 1.807) is 0 Å². The van der Waals surface area contributed by atoms with Crippen LogP contribution in [-0.4, -0.2) is 26.2 Å². The van der Waals surface area contributed by atoms with Crippen molar-refractivity contribution in [2.45, 2.75) is 19.3 Å². The first-order valence-corrected chi connectivity index (χ1v) is 7.40. The molecule has 0 atom stereocenters. The Labute approximate surface area is 136 Å². The lowest BCUT2D eigenvalue weighted by Crippen LogP contribution is -2.07. The molecule has 0 saturated carbocycles. The Kier molecular flexibility index (Phi) is 5.92. The summed E-state index contributed by atoms with van der Waals surface area (Å²) in [6, 6.07) is 15.7. The molecular weight excluding hydrogens is 292 g/mol. The summed E-state index contributed by atoms with van der Waals surface area (Å²) in [5.74, 6) is -0.493. The lowest BCUT2D eigenvalue weighted by Gasteiger charge is -2.09. The van der Waals surface area contributed by atoms with Gasteiger partial charge in [-0.15, -0.1) is 0 Å². The van der Waals surface area contributed by atoms with Gasteiger partial charge < -0.3 is 9.47 Å². The van der Waals surface area contributed by atoms with Crippen LogP contribution in [0, 0.1) is 0 Å². The molecule has 2 aromatic rings. The van der Waals surface area contributed by atoms with Crippen molar-refractivity contribution in [2.75, 3.05) is 14.2 Å². The Balaban J connectivity index is 2.10. The van der Waals surface area contributed by atoms with Crippen LogP contribution in [0.2, 0.25) is 0 Å². The van der Waals surface area contributed by atoms with Crippen molar-refractivity contribution in [1.29, 1.82) is 0 Å². The number of methoxy groups -OCH3 is 2. The fraction of sp³-hybridized carbons (Fsp3) is 0.263. The summed E-state index contributed by atoms with van der Waals surface area (Å²) >= 11 is 0. The van der Waals surface area contributed by atoms with E-state index in [0.717, 1.165) is 28.7 Å². The van der Waals surface area contributed by atoms with E-state index in [9.17, 15) is 9.59 Å². The zero-order valence-electron chi connectivity index (χ0n) is 13.4. The van der Waals surface area contributed by atoms with Gasteiger partial charge in [-0.05, 0) is 28.7 Å². The third kappa shape index (κ3) is 4.95. The molecule has 0 aliphatic carbocycles. The van der Waals surface area contributed by atoms with Gasteiger partial charge in [-0.2, -0.15) is 0 Å². The molecule has 0 saturated heterocycles. The van der Waals surface area contributed by atoms with Crippen molar-refractivity contribution in [1.82, 2.24) is 0 Å². The molecule has 0 bridgehead atoms. The summed E-state index contributed by atoms with van der Waals surface area (Å²) < 4.78 is 9.40. The second kappa shape index (κ2) is 8.13. The molecule has 0 spiro atoms. The molecular formula is C19H20O4. The third-order valence-electron chi connectivity index (χ3n) is 3.67. The van der Waals surface area contributed by atoms with Crippen LogP contribution >= 0.6 is 0 Å². The van der Waals surface area contributed by atoms with Crippen LogP contribution in [-0.2, 0) is 38.3 Å². The fourth-order valence-electron chi connectivity index (χ4n) is 2.36. The summed E-state index contributed by atoms with van der Waals surface area (Å²) in [5, 5.41) is 0. The van der Waals surface area contributed by atoms with E-state index in [4.69, 9.17) is 4.74 Å². The maximum absolute atomic E-state index is 11.5. The van der Waals surface area contributed by atoms with Gasteiger partial charge >= 0.3 is 11.9 Å². The Bertz CT molecular complexity index is 674. The largest absolute Gasteiger partial charge is 0.469 e. The van der Waals surface area contributed by atoms with Gasteiger partial charge in [-0.3, -0.25) is 9.59 Å². The standard InChI is InChI=1S/C19H20O4/c1-22-18(20)12-15-9-7-14(8-10-15)11-16-5-3-4-6-17(16)13-19(21)23-2/h3-10H,11-13H2,1-2H3. The van der Waals surface area contributed by atoms with Crippen LogP contribution < -0.4 is 0 Å². The topological polar surface area (TPSA) is 52.6 Å². The monoisotopic (exact) mass is 312 g/mol. The Morgan fingerprint density at radius 2 is 1.26 bits per heavy atom. The summed E-state index contributed by atoms with van der Waals surface area (Å²) in [5.41, 5.74) is 4.11. The highest BCUT2D eigenvalue weighted by Crippen LogP contribution is 2.16. The van der Waals surface area contributed by atoms with Gasteiger partial charge in [0.05, 0.1) is 27.1 Å². The average molecular weight is 312 g/mol. The van der Waals surface area contributed by atoms with Crippen LogP contribution in [0.5, 0.6) is 0 Å². The van der Waals surface area contributed by atoms with E-state index in [-0.39, 0.29) is 24.8 Å². The quantitative estimate of drug-likeness (QED) is 0.770. The number of hydrogen-bond acceptors (Lipinski definition) is 4. The van der Waals surface area contributed by atoms with Gasteiger partial charge in [0.1, 0.15) is 0 Å². The molecule has 0 unspecified atom stereocenters. The zero-order chi connectivity index (χ0) is 16.7. The zero-order valence-corrected chi connectivity index (χ0v) is 13.4. The van der Waals surface area contributed by atoms with Crippen molar-refractivity contribution < 1.29 is 19.1 Å². The molecule has 0 radical (unpaired) electrons. The van der Waals surface area contributed by atoms with Crippen molar-refractivity contribution in [3.05, 3.63) is 70.8 Å². The van der Waals surface area contributed by atoms with Gasteiger partial charge in [0.25, 0.3) is 0 Å². The van der Waals surface area contributed by atoms with Crippen molar-refractivity contribution in [3.8, 4) is 0 Å². The number of carbonyl (C=O) groups is 2. The van der Waals surface area contributed by atoms with Crippen molar-refractivity contribution in [2.24, 2.45) is 0 Å². The number of hydrogen-bond donors (Lipinski definition) is 0. The van der Waals surface area contributed by atoms with Crippen LogP contribution in [0.15, 0.2) is 48.5 Å². The van der Waals surface area contributed by atoms with Crippen molar-refractivity contribution >= 4 is 11.9 Å². The van der Waals surface area contributed by atoms with Crippen LogP contribution in [0.4, 0.5) is 0 Å². The van der Waals surface area contributed by atoms with Gasteiger partial charge in [0, 0.05) is 0 Å². The first kappa shape index (κ1) is 16.7. The molecule has 2 aromatic carbocycles. The van der Waals surface area contributed by atoms with Crippen LogP contribution in [0.25, 0.3) is 0 Å². The lowest BCUT2D eigenvalue weighted by molar-refractivity contribution is -0.140. The molecule has 23 heavy (non-hydrogen) atoms. The minimum atomic E-state index is -0.249. The van der Waals surface area contributed by atoms with Crippen LogP contribution in [0.3, 0.4) is 0 Å². The molecule has 2 rings (SSSR count). The van der Waals surface area contributed by atoms with E-state index in [2.05, 4.69) is 4.74 Å². The number of ether oxygens (including phenoxy) is 2. The SMILES string of the molecule is COC(=O)Cc1ccc(Cc2ccccc2CC(=O)OC)cc1. The molecule has 0 aromatic heterocycles. The number of benzene rings is 2. The first-order chi connectivity index (χ1) is 11.1. The second-order valence-corrected chi connectivity index (χ2v) is 5.27. The molecule has 4 nitrogen and oxygen atoms in total. The predicted octanol–water partition coefficient (Wildman–Crippen LogP) is 2.71. The Hall–Kier alpha value is -2.62. The minimum absolute atomic E-state index is 0.245. The Morgan fingerprint density at radius 3 is 1.87 bits per heavy atom. The van der Waals surface area contributed by atoms with Gasteiger partial charge in [0.2, 0.25) is 0 Å². The van der Waals surface area contributed by atoms with Gasteiger partial charge in [-0.1, -0.05) is 48.5 Å². The summed E-state index contributed by atoms with van der Waals surface area (Å²) in [4.78, 5) is 22.8. The summed E-state index contributed by atoms with van der Waals surface area (Å²) in [7, 11) is 2.78. The summed E-state index contributed by atoms with van der Waals surface area (Å²) in [6.45, 7) is 0. The van der Waals surface area contributed by atoms with Crippen molar-refractivity contribution in [3.63, 3.8) is 0 Å². The minimum Gasteiger partial charge on any atom is -0.469 e. The van der Waals surface area contributed by atoms with Crippen LogP contribution in [0.1, 0.15) is 22.3 Å². The number of esters is 2. The highest BCUT2D eigenvalue weighted by atomic mass is 16.5. The molecule has 120 valence electrons. The first-order valence-electron chi connectivity index (χ1n) is 7.40. The fourth-order valence-corrected chi connectivity index (χ4v) is 2.36. The van der Waals surface area contributed by atoms with E-state index in [1.807, 2.05) is 48.5 Å². The number of rotatable bonds is 6. The molecule has 0 amide bonds. The van der Waals surface area contributed by atoms with Gasteiger partial charge in [-0.25, -0.2) is 0 Å². The maximum Gasteiger partial charge on any atom is 0.309 e. The van der Waals surface area contributed by atoms with Gasteiger partial charge in [0.15, 0.2) is 0 Å². The second-order valence-electron chi connectivity index (χ2n) is 5.27. The van der Waals surface area contributed by atoms with E-state index in [0.29, 0.717) is 0 Å².